The van der Waals surface area contributed by atoms with Crippen LogP contribution in [0.4, 0.5) is 30.9 Å². The minimum atomic E-state index is -4.57. The van der Waals surface area contributed by atoms with Crippen molar-refractivity contribution in [1.29, 1.82) is 0 Å². The highest BCUT2D eigenvalue weighted by molar-refractivity contribution is 5.77. The zero-order valence-corrected chi connectivity index (χ0v) is 20.4. The van der Waals surface area contributed by atoms with Gasteiger partial charge < -0.3 is 21.1 Å². The van der Waals surface area contributed by atoms with Gasteiger partial charge in [-0.1, -0.05) is 6.07 Å². The molecule has 5 rings (SSSR count). The minimum absolute atomic E-state index is 0.0122. The Kier molecular flexibility index (Phi) is 6.65. The summed E-state index contributed by atoms with van der Waals surface area (Å²) in [5.41, 5.74) is 5.33. The SMILES string of the molecule is CC1(Nc2ncc3nc(Nc4cccc(C(F)(F)F)n4)n([C@H]4CC[C@H](C(N)=O)CC4)c3n2)CCOCC1. The normalized spacial score (nSPS) is 22.1. The number of nitrogens with two attached hydrogens (primary N) is 1. The van der Waals surface area contributed by atoms with E-state index in [2.05, 4.69) is 32.5 Å². The van der Waals surface area contributed by atoms with Gasteiger partial charge in [0.1, 0.15) is 17.0 Å². The molecule has 0 unspecified atom stereocenters. The lowest BCUT2D eigenvalue weighted by Crippen LogP contribution is -2.41. The number of halogens is 3. The van der Waals surface area contributed by atoms with Gasteiger partial charge >= 0.3 is 6.18 Å². The standard InChI is InChI=1S/C24H29F3N8O2/c1-23(9-11-37-12-10-23)34-21-29-13-16-20(33-21)35(15-7-5-14(6-8-15)19(28)36)22(30-16)32-18-4-2-3-17(31-18)24(25,26)27/h2-4,13-15H,5-12H2,1H3,(H2,28,36)(H,29,33,34)(H,30,31,32)/t14-,15-. The van der Waals surface area contributed by atoms with E-state index < -0.39 is 11.9 Å². The smallest absolute Gasteiger partial charge is 0.381 e. The van der Waals surface area contributed by atoms with Gasteiger partial charge in [0.2, 0.25) is 17.8 Å². The quantitative estimate of drug-likeness (QED) is 0.443. The maximum Gasteiger partial charge on any atom is 0.433 e. The van der Waals surface area contributed by atoms with Gasteiger partial charge in [0, 0.05) is 30.7 Å². The molecule has 0 spiro atoms. The zero-order chi connectivity index (χ0) is 26.2. The third-order valence-corrected chi connectivity index (χ3v) is 7.19. The van der Waals surface area contributed by atoms with Crippen LogP contribution in [0.5, 0.6) is 0 Å². The van der Waals surface area contributed by atoms with Gasteiger partial charge in [-0.2, -0.15) is 18.2 Å². The Balaban J connectivity index is 1.51. The van der Waals surface area contributed by atoms with E-state index in [4.69, 9.17) is 15.5 Å². The van der Waals surface area contributed by atoms with Crippen molar-refractivity contribution in [2.75, 3.05) is 23.8 Å². The summed E-state index contributed by atoms with van der Waals surface area (Å²) in [6, 6.07) is 3.57. The molecular formula is C24H29F3N8O2. The molecule has 1 saturated carbocycles. The molecule has 1 saturated heterocycles. The predicted molar refractivity (Wildman–Crippen MR) is 130 cm³/mol. The fourth-order valence-corrected chi connectivity index (χ4v) is 5.00. The number of amides is 1. The third kappa shape index (κ3) is 5.45. The van der Waals surface area contributed by atoms with Crippen LogP contribution in [0.1, 0.15) is 57.2 Å². The van der Waals surface area contributed by atoms with Gasteiger partial charge in [-0.25, -0.2) is 15.0 Å². The van der Waals surface area contributed by atoms with Crippen molar-refractivity contribution in [2.45, 2.75) is 63.2 Å². The first kappa shape index (κ1) is 25.2. The molecule has 4 N–H and O–H groups in total. The number of ether oxygens (including phenoxy) is 1. The molecular weight excluding hydrogens is 489 g/mol. The Labute approximate surface area is 211 Å². The highest BCUT2D eigenvalue weighted by atomic mass is 19.4. The average Bonchev–Trinajstić information content (AvgIpc) is 3.21. The number of pyridine rings is 1. The first-order valence-corrected chi connectivity index (χ1v) is 12.3. The van der Waals surface area contributed by atoms with Gasteiger partial charge in [-0.15, -0.1) is 0 Å². The maximum atomic E-state index is 13.2. The number of anilines is 3. The summed E-state index contributed by atoms with van der Waals surface area (Å²) in [7, 11) is 0. The molecule has 1 aliphatic carbocycles. The number of nitrogens with zero attached hydrogens (tertiary/aromatic N) is 5. The highest BCUT2D eigenvalue weighted by Crippen LogP contribution is 2.37. The molecule has 0 radical (unpaired) electrons. The second kappa shape index (κ2) is 9.77. The van der Waals surface area contributed by atoms with E-state index in [9.17, 15) is 18.0 Å². The number of primary amides is 1. The summed E-state index contributed by atoms with van der Waals surface area (Å²) in [5, 5.41) is 6.38. The molecule has 3 aromatic rings. The topological polar surface area (TPSA) is 133 Å². The fraction of sp³-hybridized carbons (Fsp3) is 0.542. The number of nitrogens with one attached hydrogen (secondary N) is 2. The average molecular weight is 519 g/mol. The van der Waals surface area contributed by atoms with E-state index in [-0.39, 0.29) is 29.2 Å². The van der Waals surface area contributed by atoms with E-state index in [0.29, 0.717) is 62.0 Å². The van der Waals surface area contributed by atoms with E-state index in [1.807, 2.05) is 4.57 Å². The van der Waals surface area contributed by atoms with Crippen LogP contribution in [-0.2, 0) is 15.7 Å². The van der Waals surface area contributed by atoms with Crippen LogP contribution in [-0.4, -0.2) is 49.2 Å². The molecule has 198 valence electrons. The van der Waals surface area contributed by atoms with E-state index in [0.717, 1.165) is 18.9 Å². The van der Waals surface area contributed by atoms with Crippen LogP contribution in [0.2, 0.25) is 0 Å². The van der Waals surface area contributed by atoms with Crippen LogP contribution in [0, 0.1) is 5.92 Å². The van der Waals surface area contributed by atoms with Crippen LogP contribution >= 0.6 is 0 Å². The Hall–Kier alpha value is -3.48. The van der Waals surface area contributed by atoms with Crippen LogP contribution in [0.3, 0.4) is 0 Å². The number of alkyl halides is 3. The molecule has 0 aromatic carbocycles. The van der Waals surface area contributed by atoms with Crippen molar-refractivity contribution in [2.24, 2.45) is 11.7 Å². The van der Waals surface area contributed by atoms with E-state index in [1.54, 1.807) is 6.20 Å². The second-order valence-electron chi connectivity index (χ2n) is 9.94. The van der Waals surface area contributed by atoms with Crippen LogP contribution < -0.4 is 16.4 Å². The van der Waals surface area contributed by atoms with Crippen LogP contribution in [0.25, 0.3) is 11.2 Å². The summed E-state index contributed by atoms with van der Waals surface area (Å²) in [6.45, 7) is 3.38. The van der Waals surface area contributed by atoms with Crippen molar-refractivity contribution >= 4 is 34.8 Å². The number of fused-ring (bicyclic) bond motifs is 1. The maximum absolute atomic E-state index is 13.2. The predicted octanol–water partition coefficient (Wildman–Crippen LogP) is 4.18. The molecule has 4 heterocycles. The van der Waals surface area contributed by atoms with Crippen molar-refractivity contribution in [3.63, 3.8) is 0 Å². The Morgan fingerprint density at radius 3 is 2.54 bits per heavy atom. The molecule has 13 heteroatoms. The van der Waals surface area contributed by atoms with Crippen LogP contribution in [0.15, 0.2) is 24.4 Å². The van der Waals surface area contributed by atoms with Gasteiger partial charge in [-0.05, 0) is 57.6 Å². The zero-order valence-electron chi connectivity index (χ0n) is 20.4. The fourth-order valence-electron chi connectivity index (χ4n) is 5.00. The molecule has 1 aliphatic heterocycles. The first-order valence-electron chi connectivity index (χ1n) is 12.3. The second-order valence-corrected chi connectivity index (χ2v) is 9.94. The van der Waals surface area contributed by atoms with Crippen molar-refractivity contribution in [3.05, 3.63) is 30.1 Å². The summed E-state index contributed by atoms with van der Waals surface area (Å²) in [4.78, 5) is 29.2. The molecule has 10 nitrogen and oxygen atoms in total. The molecule has 1 amide bonds. The number of imidazole rings is 1. The lowest BCUT2D eigenvalue weighted by molar-refractivity contribution is -0.141. The minimum Gasteiger partial charge on any atom is -0.381 e. The summed E-state index contributed by atoms with van der Waals surface area (Å²) < 4.78 is 47.1. The van der Waals surface area contributed by atoms with Crippen molar-refractivity contribution in [3.8, 4) is 0 Å². The summed E-state index contributed by atoms with van der Waals surface area (Å²) in [5.74, 6) is 0.241. The monoisotopic (exact) mass is 518 g/mol. The molecule has 37 heavy (non-hydrogen) atoms. The molecule has 2 fully saturated rings. The Morgan fingerprint density at radius 1 is 1.14 bits per heavy atom. The molecule has 0 atom stereocenters. The van der Waals surface area contributed by atoms with Gasteiger partial charge in [0.05, 0.1) is 6.20 Å². The number of carbonyl (C=O) groups is 1. The number of aromatic nitrogens is 5. The van der Waals surface area contributed by atoms with Crippen molar-refractivity contribution in [1.82, 2.24) is 24.5 Å². The number of carbonyl (C=O) groups excluding carboxylic acids is 1. The third-order valence-electron chi connectivity index (χ3n) is 7.19. The largest absolute Gasteiger partial charge is 0.433 e. The molecule has 2 aliphatic rings. The summed E-state index contributed by atoms with van der Waals surface area (Å²) in [6.07, 6.45) is 1.14. The summed E-state index contributed by atoms with van der Waals surface area (Å²) >= 11 is 0. The van der Waals surface area contributed by atoms with Gasteiger partial charge in [-0.3, -0.25) is 9.36 Å². The molecule has 0 bridgehead atoms. The highest BCUT2D eigenvalue weighted by Gasteiger charge is 2.33. The van der Waals surface area contributed by atoms with Gasteiger partial charge in [0.15, 0.2) is 5.65 Å². The Morgan fingerprint density at radius 2 is 1.86 bits per heavy atom. The molecule has 3 aromatic heterocycles. The van der Waals surface area contributed by atoms with E-state index >= 15 is 0 Å². The van der Waals surface area contributed by atoms with Crippen molar-refractivity contribution < 1.29 is 22.7 Å². The lowest BCUT2D eigenvalue weighted by atomic mass is 9.85. The number of hydrogen-bond acceptors (Lipinski definition) is 8. The number of hydrogen-bond donors (Lipinski definition) is 3. The van der Waals surface area contributed by atoms with Gasteiger partial charge in [0.25, 0.3) is 0 Å². The number of rotatable bonds is 6. The van der Waals surface area contributed by atoms with E-state index in [1.165, 1.54) is 12.1 Å². The Bertz CT molecular complexity index is 1280. The lowest BCUT2D eigenvalue weighted by Gasteiger charge is -2.34. The first-order chi connectivity index (χ1) is 17.6.